The van der Waals surface area contributed by atoms with Crippen molar-refractivity contribution in [2.45, 2.75) is 77.0 Å². The number of hydrogen-bond acceptors (Lipinski definition) is 6. The number of pyridine rings is 1. The minimum absolute atomic E-state index is 0.182. The van der Waals surface area contributed by atoms with Gasteiger partial charge >= 0.3 is 6.09 Å². The van der Waals surface area contributed by atoms with Gasteiger partial charge < -0.3 is 19.6 Å². The van der Waals surface area contributed by atoms with Crippen LogP contribution in [-0.2, 0) is 9.53 Å². The van der Waals surface area contributed by atoms with Crippen molar-refractivity contribution in [1.82, 2.24) is 9.88 Å². The van der Waals surface area contributed by atoms with Crippen LogP contribution in [0.15, 0.2) is 18.3 Å². The summed E-state index contributed by atoms with van der Waals surface area (Å²) in [6.45, 7) is 5.99. The van der Waals surface area contributed by atoms with Crippen LogP contribution in [-0.4, -0.2) is 64.9 Å². The first-order chi connectivity index (χ1) is 14.9. The van der Waals surface area contributed by atoms with E-state index in [0.717, 1.165) is 63.9 Å². The van der Waals surface area contributed by atoms with E-state index in [0.29, 0.717) is 12.2 Å². The number of aliphatic hydroxyl groups excluding tert-OH is 1. The molecule has 4 rings (SSSR count). The highest BCUT2D eigenvalue weighted by Gasteiger charge is 2.50. The molecule has 8 nitrogen and oxygen atoms in total. The first kappa shape index (κ1) is 21.9. The fourth-order valence-electron chi connectivity index (χ4n) is 5.28. The molecule has 3 heterocycles. The monoisotopic (exact) mass is 430 g/mol. The number of likely N-dealkylation sites (tertiary alicyclic amines) is 1. The lowest BCUT2D eigenvalue weighted by Gasteiger charge is -2.41. The van der Waals surface area contributed by atoms with Crippen LogP contribution < -0.4 is 10.2 Å². The van der Waals surface area contributed by atoms with Gasteiger partial charge in [0.25, 0.3) is 0 Å². The van der Waals surface area contributed by atoms with Gasteiger partial charge in [0.2, 0.25) is 5.91 Å². The van der Waals surface area contributed by atoms with E-state index in [1.807, 2.05) is 12.1 Å². The molecule has 0 radical (unpaired) electrons. The van der Waals surface area contributed by atoms with Crippen LogP contribution in [0.3, 0.4) is 0 Å². The van der Waals surface area contributed by atoms with E-state index in [2.05, 4.69) is 20.1 Å². The number of aromatic nitrogens is 1. The van der Waals surface area contributed by atoms with Crippen LogP contribution in [0.25, 0.3) is 0 Å². The molecule has 2 amide bonds. The number of nitrogens with one attached hydrogen (secondary N) is 1. The third kappa shape index (κ3) is 4.79. The van der Waals surface area contributed by atoms with Gasteiger partial charge in [-0.3, -0.25) is 10.1 Å². The maximum atomic E-state index is 13.5. The molecule has 3 aliphatic rings. The van der Waals surface area contributed by atoms with E-state index in [9.17, 15) is 14.7 Å². The standard InChI is InChI=1S/C23H34N4O4/c1-16(2)31-22(30)25-17-4-9-20(24-14-17)26-12-3-10-23(15-26)11-13-27(21(23)29)18-5-7-19(28)8-6-18/h4,9,14,16,18-19,28H,3,5-8,10-13,15H2,1-2H3,(H,25,30)/t18-,19-,23-/m1/s1. The van der Waals surface area contributed by atoms with Gasteiger partial charge in [-0.15, -0.1) is 0 Å². The molecule has 2 aliphatic heterocycles. The summed E-state index contributed by atoms with van der Waals surface area (Å²) in [4.78, 5) is 34.1. The van der Waals surface area contributed by atoms with Crippen LogP contribution in [0.2, 0.25) is 0 Å². The van der Waals surface area contributed by atoms with Gasteiger partial charge in [-0.2, -0.15) is 0 Å². The lowest BCUT2D eigenvalue weighted by Crippen LogP contribution is -2.50. The van der Waals surface area contributed by atoms with Gasteiger partial charge in [-0.1, -0.05) is 0 Å². The van der Waals surface area contributed by atoms with Crippen LogP contribution in [0.1, 0.15) is 58.8 Å². The quantitative estimate of drug-likeness (QED) is 0.762. The predicted octanol–water partition coefficient (Wildman–Crippen LogP) is 3.16. The highest BCUT2D eigenvalue weighted by atomic mass is 16.6. The van der Waals surface area contributed by atoms with Crippen molar-refractivity contribution >= 4 is 23.5 Å². The summed E-state index contributed by atoms with van der Waals surface area (Å²) >= 11 is 0. The van der Waals surface area contributed by atoms with Crippen molar-refractivity contribution in [3.8, 4) is 0 Å². The van der Waals surface area contributed by atoms with Gasteiger partial charge in [0.05, 0.1) is 29.5 Å². The first-order valence-electron chi connectivity index (χ1n) is 11.5. The highest BCUT2D eigenvalue weighted by Crippen LogP contribution is 2.43. The average molecular weight is 431 g/mol. The molecule has 1 atom stereocenters. The number of ether oxygens (including phenoxy) is 1. The van der Waals surface area contributed by atoms with Crippen molar-refractivity contribution in [1.29, 1.82) is 0 Å². The Bertz CT molecular complexity index is 791. The Labute approximate surface area is 184 Å². The van der Waals surface area contributed by atoms with Gasteiger partial charge in [-0.25, -0.2) is 9.78 Å². The first-order valence-corrected chi connectivity index (χ1v) is 11.5. The van der Waals surface area contributed by atoms with E-state index in [4.69, 9.17) is 4.74 Å². The largest absolute Gasteiger partial charge is 0.447 e. The summed E-state index contributed by atoms with van der Waals surface area (Å²) in [5.74, 6) is 1.11. The number of piperidine rings is 1. The van der Waals surface area contributed by atoms with E-state index in [-0.39, 0.29) is 29.6 Å². The van der Waals surface area contributed by atoms with Crippen molar-refractivity contribution < 1.29 is 19.4 Å². The van der Waals surface area contributed by atoms with Crippen LogP contribution >= 0.6 is 0 Å². The summed E-state index contributed by atoms with van der Waals surface area (Å²) in [6, 6.07) is 3.99. The summed E-state index contributed by atoms with van der Waals surface area (Å²) in [5, 5.41) is 12.5. The molecule has 1 aromatic heterocycles. The molecule has 0 unspecified atom stereocenters. The molecule has 1 aromatic rings. The highest BCUT2D eigenvalue weighted by molar-refractivity contribution is 5.86. The van der Waals surface area contributed by atoms with Crippen LogP contribution in [0.4, 0.5) is 16.3 Å². The number of carbonyl (C=O) groups excluding carboxylic acids is 2. The molecule has 2 saturated heterocycles. The molecule has 2 N–H and O–H groups in total. The third-order valence-electron chi connectivity index (χ3n) is 6.89. The van der Waals surface area contributed by atoms with E-state index in [1.165, 1.54) is 0 Å². The van der Waals surface area contributed by atoms with Crippen molar-refractivity contribution in [3.05, 3.63) is 18.3 Å². The molecule has 3 fully saturated rings. The van der Waals surface area contributed by atoms with Crippen molar-refractivity contribution in [3.63, 3.8) is 0 Å². The Morgan fingerprint density at radius 1 is 1.23 bits per heavy atom. The summed E-state index contributed by atoms with van der Waals surface area (Å²) in [7, 11) is 0. The van der Waals surface area contributed by atoms with E-state index < -0.39 is 6.09 Å². The van der Waals surface area contributed by atoms with Gasteiger partial charge in [-0.05, 0) is 70.9 Å². The topological polar surface area (TPSA) is 95.0 Å². The minimum atomic E-state index is -0.492. The second-order valence-electron chi connectivity index (χ2n) is 9.50. The zero-order valence-corrected chi connectivity index (χ0v) is 18.5. The predicted molar refractivity (Wildman–Crippen MR) is 118 cm³/mol. The molecule has 1 spiro atoms. The Balaban J connectivity index is 1.39. The maximum Gasteiger partial charge on any atom is 0.411 e. The second-order valence-corrected chi connectivity index (χ2v) is 9.50. The van der Waals surface area contributed by atoms with Gasteiger partial charge in [0, 0.05) is 25.7 Å². The lowest BCUT2D eigenvalue weighted by atomic mass is 9.78. The van der Waals surface area contributed by atoms with Crippen LogP contribution in [0, 0.1) is 5.41 Å². The molecular formula is C23H34N4O4. The number of anilines is 2. The summed E-state index contributed by atoms with van der Waals surface area (Å²) < 4.78 is 5.10. The van der Waals surface area contributed by atoms with E-state index >= 15 is 0 Å². The number of nitrogens with zero attached hydrogens (tertiary/aromatic N) is 3. The van der Waals surface area contributed by atoms with Crippen LogP contribution in [0.5, 0.6) is 0 Å². The maximum absolute atomic E-state index is 13.5. The zero-order chi connectivity index (χ0) is 22.0. The molecule has 0 bridgehead atoms. The Hall–Kier alpha value is -2.35. The molecule has 1 saturated carbocycles. The Morgan fingerprint density at radius 3 is 2.68 bits per heavy atom. The second kappa shape index (κ2) is 9.02. The minimum Gasteiger partial charge on any atom is -0.447 e. The Kier molecular flexibility index (Phi) is 6.36. The molecular weight excluding hydrogens is 396 g/mol. The van der Waals surface area contributed by atoms with Crippen molar-refractivity contribution in [2.24, 2.45) is 5.41 Å². The third-order valence-corrected chi connectivity index (χ3v) is 6.89. The lowest BCUT2D eigenvalue weighted by molar-refractivity contribution is -0.139. The number of carbonyl (C=O) groups is 2. The van der Waals surface area contributed by atoms with Gasteiger partial charge in [0.15, 0.2) is 0 Å². The molecule has 1 aliphatic carbocycles. The molecule has 0 aromatic carbocycles. The van der Waals surface area contributed by atoms with Crippen molar-refractivity contribution in [2.75, 3.05) is 29.9 Å². The summed E-state index contributed by atoms with van der Waals surface area (Å²) in [6.07, 6.45) is 6.93. The number of amides is 2. The zero-order valence-electron chi connectivity index (χ0n) is 18.5. The number of rotatable bonds is 4. The average Bonchev–Trinajstić information content (AvgIpc) is 3.04. The fourth-order valence-corrected chi connectivity index (χ4v) is 5.28. The number of aliphatic hydroxyl groups is 1. The fraction of sp³-hybridized carbons (Fsp3) is 0.696. The van der Waals surface area contributed by atoms with E-state index in [1.54, 1.807) is 20.0 Å². The summed E-state index contributed by atoms with van der Waals surface area (Å²) in [5.41, 5.74) is 0.261. The SMILES string of the molecule is CC(C)OC(=O)Nc1ccc(N2CCC[C@@]3(CCN([C@H]4CC[C@H](O)CC4)C3=O)C2)nc1. The smallest absolute Gasteiger partial charge is 0.411 e. The number of hydrogen-bond donors (Lipinski definition) is 2. The van der Waals surface area contributed by atoms with Gasteiger partial charge in [0.1, 0.15) is 5.82 Å². The molecule has 170 valence electrons. The Morgan fingerprint density at radius 2 is 2.00 bits per heavy atom. The molecule has 8 heteroatoms. The molecule has 31 heavy (non-hydrogen) atoms. The normalized spacial score (nSPS) is 29.0.